The third-order valence-electron chi connectivity index (χ3n) is 7.66. The van der Waals surface area contributed by atoms with Gasteiger partial charge in [-0.3, -0.25) is 0 Å². The predicted molar refractivity (Wildman–Crippen MR) is 184 cm³/mol. The highest BCUT2D eigenvalue weighted by atomic mass is 32.1. The summed E-state index contributed by atoms with van der Waals surface area (Å²) in [6, 6.07) is 55.0. The van der Waals surface area contributed by atoms with Gasteiger partial charge in [0.25, 0.3) is 0 Å². The van der Waals surface area contributed by atoms with E-state index in [4.69, 9.17) is 6.42 Å². The summed E-state index contributed by atoms with van der Waals surface area (Å²) in [5.41, 5.74) is 12.2. The summed E-state index contributed by atoms with van der Waals surface area (Å²) in [6.45, 7) is 0. The lowest BCUT2D eigenvalue weighted by atomic mass is 9.86. The van der Waals surface area contributed by atoms with E-state index in [-0.39, 0.29) is 0 Å². The summed E-state index contributed by atoms with van der Waals surface area (Å²) in [7, 11) is 0. The molecule has 0 aliphatic rings. The fraction of sp³-hybridized carbons (Fsp3) is 0. The second-order valence-electron chi connectivity index (χ2n) is 10.3. The number of aromatic nitrogens is 2. The average Bonchev–Trinajstić information content (AvgIpc) is 3.60. The number of hydrogen-bond acceptors (Lipinski definition) is 4. The molecule has 44 heavy (non-hydrogen) atoms. The lowest BCUT2D eigenvalue weighted by Crippen LogP contribution is -2.10. The lowest BCUT2D eigenvalue weighted by Gasteiger charge is -2.26. The second kappa shape index (κ2) is 12.2. The number of para-hydroxylation sites is 1. The smallest absolute Gasteiger partial charge is 0.130 e. The van der Waals surface area contributed by atoms with Crippen LogP contribution in [0.3, 0.4) is 0 Å². The topological polar surface area (TPSA) is 29.0 Å². The highest BCUT2D eigenvalue weighted by Crippen LogP contribution is 2.41. The molecular formula is C40H27N3S. The van der Waals surface area contributed by atoms with Crippen molar-refractivity contribution in [3.05, 3.63) is 186 Å². The van der Waals surface area contributed by atoms with Gasteiger partial charge in [0.1, 0.15) is 11.0 Å². The SMILES string of the molecule is C#Cc1ccc(N(c2ccccc2)c2ccc(C(=C(c3ccccc3)c3ccccc3)c3ccccc3)cc2)c2nsnc12. The number of benzene rings is 6. The van der Waals surface area contributed by atoms with Crippen molar-refractivity contribution in [3.8, 4) is 12.3 Å². The van der Waals surface area contributed by atoms with Gasteiger partial charge in [-0.2, -0.15) is 8.75 Å². The van der Waals surface area contributed by atoms with Gasteiger partial charge in [0, 0.05) is 11.4 Å². The standard InChI is InChI=1S/C40H27N3S/c1-2-29-25-28-36(40-39(29)41-44-42-40)43(34-21-13-6-14-22-34)35-26-23-33(24-27-35)38(32-19-11-5-12-20-32)37(30-15-7-3-8-16-30)31-17-9-4-10-18-31/h1,3-28H. The molecule has 1 heterocycles. The van der Waals surface area contributed by atoms with Gasteiger partial charge < -0.3 is 4.90 Å². The minimum Gasteiger partial charge on any atom is -0.308 e. The first kappa shape index (κ1) is 27.1. The zero-order valence-corrected chi connectivity index (χ0v) is 24.7. The van der Waals surface area contributed by atoms with E-state index in [0.717, 1.165) is 44.8 Å². The Hall–Kier alpha value is -5.76. The zero-order valence-electron chi connectivity index (χ0n) is 23.8. The van der Waals surface area contributed by atoms with Crippen molar-refractivity contribution < 1.29 is 0 Å². The molecule has 3 nitrogen and oxygen atoms in total. The molecule has 208 valence electrons. The minimum atomic E-state index is 0.743. The number of hydrogen-bond donors (Lipinski definition) is 0. The van der Waals surface area contributed by atoms with Gasteiger partial charge in [0.05, 0.1) is 23.0 Å². The Kier molecular flexibility index (Phi) is 7.53. The van der Waals surface area contributed by atoms with Crippen molar-refractivity contribution in [2.75, 3.05) is 4.90 Å². The summed E-state index contributed by atoms with van der Waals surface area (Å²) in [5.74, 6) is 2.76. The van der Waals surface area contributed by atoms with E-state index in [1.54, 1.807) is 0 Å². The van der Waals surface area contributed by atoms with E-state index in [1.165, 1.54) is 34.0 Å². The highest BCUT2D eigenvalue weighted by Gasteiger charge is 2.20. The second-order valence-corrected chi connectivity index (χ2v) is 10.8. The van der Waals surface area contributed by atoms with Crippen molar-refractivity contribution in [3.63, 3.8) is 0 Å². The van der Waals surface area contributed by atoms with E-state index in [2.05, 4.69) is 147 Å². The average molecular weight is 582 g/mol. The number of nitrogens with zero attached hydrogens (tertiary/aromatic N) is 3. The van der Waals surface area contributed by atoms with Crippen LogP contribution in [0.2, 0.25) is 0 Å². The molecule has 1 aromatic heterocycles. The van der Waals surface area contributed by atoms with E-state index in [0.29, 0.717) is 0 Å². The first-order valence-corrected chi connectivity index (χ1v) is 15.1. The summed E-state index contributed by atoms with van der Waals surface area (Å²) >= 11 is 1.18. The Morgan fingerprint density at radius 2 is 0.909 bits per heavy atom. The molecule has 0 amide bonds. The number of terminal acetylenes is 1. The Balaban J connectivity index is 1.43. The molecule has 0 bridgehead atoms. The zero-order chi connectivity index (χ0) is 29.7. The van der Waals surface area contributed by atoms with E-state index in [1.807, 2.05) is 30.3 Å². The number of rotatable bonds is 7. The molecule has 0 aliphatic heterocycles. The van der Waals surface area contributed by atoms with Gasteiger partial charge in [-0.05, 0) is 69.8 Å². The van der Waals surface area contributed by atoms with E-state index < -0.39 is 0 Å². The third kappa shape index (κ3) is 5.18. The van der Waals surface area contributed by atoms with Crippen molar-refractivity contribution in [1.82, 2.24) is 8.75 Å². The van der Waals surface area contributed by atoms with Crippen LogP contribution in [0, 0.1) is 12.3 Å². The number of fused-ring (bicyclic) bond motifs is 1. The molecule has 7 rings (SSSR count). The molecule has 0 fully saturated rings. The van der Waals surface area contributed by atoms with Crippen LogP contribution in [-0.4, -0.2) is 8.75 Å². The van der Waals surface area contributed by atoms with Crippen LogP contribution < -0.4 is 4.90 Å². The molecule has 0 radical (unpaired) electrons. The Bertz CT molecular complexity index is 2050. The predicted octanol–water partition coefficient (Wildman–Crippen LogP) is 10.1. The van der Waals surface area contributed by atoms with Gasteiger partial charge in [-0.15, -0.1) is 6.42 Å². The Morgan fingerprint density at radius 3 is 1.41 bits per heavy atom. The fourth-order valence-electron chi connectivity index (χ4n) is 5.66. The minimum absolute atomic E-state index is 0.743. The maximum absolute atomic E-state index is 5.79. The maximum Gasteiger partial charge on any atom is 0.130 e. The van der Waals surface area contributed by atoms with Gasteiger partial charge in [0.15, 0.2) is 0 Å². The van der Waals surface area contributed by atoms with E-state index >= 15 is 0 Å². The van der Waals surface area contributed by atoms with Crippen LogP contribution in [-0.2, 0) is 0 Å². The number of anilines is 3. The van der Waals surface area contributed by atoms with Crippen molar-refractivity contribution in [2.24, 2.45) is 0 Å². The summed E-state index contributed by atoms with van der Waals surface area (Å²) in [4.78, 5) is 2.22. The lowest BCUT2D eigenvalue weighted by molar-refractivity contribution is 1.29. The van der Waals surface area contributed by atoms with Crippen LogP contribution in [0.25, 0.3) is 22.2 Å². The summed E-state index contributed by atoms with van der Waals surface area (Å²) < 4.78 is 9.18. The Morgan fingerprint density at radius 1 is 0.477 bits per heavy atom. The van der Waals surface area contributed by atoms with Crippen molar-refractivity contribution >= 4 is 51.0 Å². The van der Waals surface area contributed by atoms with E-state index in [9.17, 15) is 0 Å². The molecule has 0 N–H and O–H groups in total. The first-order chi connectivity index (χ1) is 21.8. The molecule has 0 unspecified atom stereocenters. The van der Waals surface area contributed by atoms with Gasteiger partial charge >= 0.3 is 0 Å². The molecule has 0 saturated carbocycles. The van der Waals surface area contributed by atoms with Crippen molar-refractivity contribution in [2.45, 2.75) is 0 Å². The van der Waals surface area contributed by atoms with Crippen LogP contribution in [0.5, 0.6) is 0 Å². The van der Waals surface area contributed by atoms with Crippen LogP contribution >= 0.6 is 11.7 Å². The van der Waals surface area contributed by atoms with Gasteiger partial charge in [-0.1, -0.05) is 127 Å². The molecule has 0 atom stereocenters. The van der Waals surface area contributed by atoms with Crippen molar-refractivity contribution in [1.29, 1.82) is 0 Å². The molecule has 0 aliphatic carbocycles. The molecule has 0 saturated heterocycles. The fourth-order valence-corrected chi connectivity index (χ4v) is 6.23. The maximum atomic E-state index is 5.79. The van der Waals surface area contributed by atoms with Crippen LogP contribution in [0.1, 0.15) is 27.8 Å². The summed E-state index contributed by atoms with van der Waals surface area (Å²) in [5, 5.41) is 0. The van der Waals surface area contributed by atoms with Gasteiger partial charge in [0.2, 0.25) is 0 Å². The van der Waals surface area contributed by atoms with Crippen LogP contribution in [0.4, 0.5) is 17.1 Å². The molecule has 4 heteroatoms. The molecular weight excluding hydrogens is 555 g/mol. The molecule has 7 aromatic rings. The largest absolute Gasteiger partial charge is 0.308 e. The normalized spacial score (nSPS) is 10.7. The third-order valence-corrected chi connectivity index (χ3v) is 8.18. The van der Waals surface area contributed by atoms with Crippen LogP contribution in [0.15, 0.2) is 158 Å². The Labute approximate surface area is 261 Å². The first-order valence-electron chi connectivity index (χ1n) is 14.4. The quantitative estimate of drug-likeness (QED) is 0.139. The summed E-state index contributed by atoms with van der Waals surface area (Å²) in [6.07, 6.45) is 5.79. The van der Waals surface area contributed by atoms with Gasteiger partial charge in [-0.25, -0.2) is 0 Å². The monoisotopic (exact) mass is 581 g/mol. The molecule has 0 spiro atoms. The highest BCUT2D eigenvalue weighted by molar-refractivity contribution is 7.00. The molecule has 6 aromatic carbocycles.